The van der Waals surface area contributed by atoms with Crippen molar-refractivity contribution in [3.63, 3.8) is 0 Å². The van der Waals surface area contributed by atoms with Crippen LogP contribution in [0, 0.1) is 0 Å². The summed E-state index contributed by atoms with van der Waals surface area (Å²) in [5, 5.41) is 18.3. The Balaban J connectivity index is 1.44. The fourth-order valence-corrected chi connectivity index (χ4v) is 5.38. The number of benzene rings is 1. The number of hydrogen-bond donors (Lipinski definition) is 1. The van der Waals surface area contributed by atoms with Crippen LogP contribution in [0.3, 0.4) is 0 Å². The van der Waals surface area contributed by atoms with Crippen molar-refractivity contribution in [1.29, 1.82) is 0 Å². The third kappa shape index (κ3) is 3.31. The number of rotatable bonds is 4. The maximum Gasteiger partial charge on any atom is 0.337 e. The molecule has 0 unspecified atom stereocenters. The van der Waals surface area contributed by atoms with E-state index in [-0.39, 0.29) is 15.7 Å². The Morgan fingerprint density at radius 3 is 2.50 bits per heavy atom. The SMILES string of the molecule is CC1(C)Cc2nnc(C3(c4ccc(-c5ccc(C(=O)O)cn5)cc4)CC3)n2CCS1. The molecule has 1 fully saturated rings. The summed E-state index contributed by atoms with van der Waals surface area (Å²) in [5.74, 6) is 2.32. The van der Waals surface area contributed by atoms with E-state index in [0.717, 1.165) is 54.5 Å². The highest BCUT2D eigenvalue weighted by Gasteiger charge is 2.50. The standard InChI is InChI=1S/C23H24N4O2S/c1-22(2)13-19-25-26-21(27(19)11-12-30-22)23(9-10-23)17-6-3-15(4-7-17)18-8-5-16(14-24-18)20(28)29/h3-8,14H,9-13H2,1-2H3,(H,28,29). The number of thioether (sulfide) groups is 1. The lowest BCUT2D eigenvalue weighted by atomic mass is 9.93. The number of carboxylic acid groups (broad SMARTS) is 1. The number of aromatic carboxylic acids is 1. The lowest BCUT2D eigenvalue weighted by molar-refractivity contribution is 0.0696. The van der Waals surface area contributed by atoms with Gasteiger partial charge in [0.25, 0.3) is 0 Å². The lowest BCUT2D eigenvalue weighted by Gasteiger charge is -2.19. The molecule has 1 aliphatic carbocycles. The second-order valence-electron chi connectivity index (χ2n) is 8.77. The first-order valence-corrected chi connectivity index (χ1v) is 11.2. The Morgan fingerprint density at radius 2 is 1.87 bits per heavy atom. The van der Waals surface area contributed by atoms with E-state index in [1.807, 2.05) is 11.8 Å². The molecule has 3 heterocycles. The van der Waals surface area contributed by atoms with Gasteiger partial charge in [-0.2, -0.15) is 11.8 Å². The molecule has 1 aliphatic heterocycles. The van der Waals surface area contributed by atoms with E-state index in [4.69, 9.17) is 5.11 Å². The van der Waals surface area contributed by atoms with Gasteiger partial charge >= 0.3 is 5.97 Å². The fraction of sp³-hybridized carbons (Fsp3) is 0.391. The van der Waals surface area contributed by atoms with E-state index >= 15 is 0 Å². The van der Waals surface area contributed by atoms with Crippen molar-refractivity contribution in [1.82, 2.24) is 19.7 Å². The normalized spacial score (nSPS) is 19.0. The van der Waals surface area contributed by atoms with Crippen LogP contribution in [0.25, 0.3) is 11.3 Å². The van der Waals surface area contributed by atoms with Crippen molar-refractivity contribution < 1.29 is 9.90 Å². The summed E-state index contributed by atoms with van der Waals surface area (Å²) >= 11 is 2.01. The zero-order valence-corrected chi connectivity index (χ0v) is 17.9. The molecule has 1 saturated carbocycles. The summed E-state index contributed by atoms with van der Waals surface area (Å²) in [4.78, 5) is 15.3. The molecule has 154 valence electrons. The number of carboxylic acids is 1. The molecule has 0 amide bonds. The molecule has 5 rings (SSSR count). The zero-order chi connectivity index (χ0) is 20.9. The van der Waals surface area contributed by atoms with Gasteiger partial charge in [-0.15, -0.1) is 10.2 Å². The van der Waals surface area contributed by atoms with Gasteiger partial charge in [0.05, 0.1) is 16.7 Å². The molecule has 0 radical (unpaired) electrons. The molecule has 0 atom stereocenters. The molecular formula is C23H24N4O2S. The quantitative estimate of drug-likeness (QED) is 0.682. The van der Waals surface area contributed by atoms with Gasteiger partial charge in [-0.1, -0.05) is 38.1 Å². The smallest absolute Gasteiger partial charge is 0.337 e. The molecule has 0 saturated heterocycles. The van der Waals surface area contributed by atoms with E-state index in [0.29, 0.717) is 0 Å². The minimum Gasteiger partial charge on any atom is -0.478 e. The first-order chi connectivity index (χ1) is 14.4. The highest BCUT2D eigenvalue weighted by atomic mass is 32.2. The second kappa shape index (κ2) is 6.94. The van der Waals surface area contributed by atoms with Gasteiger partial charge in [-0.25, -0.2) is 4.79 Å². The molecule has 1 aromatic carbocycles. The van der Waals surface area contributed by atoms with Crippen LogP contribution in [0.4, 0.5) is 0 Å². The summed E-state index contributed by atoms with van der Waals surface area (Å²) < 4.78 is 2.55. The fourth-order valence-electron chi connectivity index (χ4n) is 4.32. The first kappa shape index (κ1) is 19.3. The number of pyridine rings is 1. The highest BCUT2D eigenvalue weighted by Crippen LogP contribution is 2.53. The Morgan fingerprint density at radius 1 is 1.10 bits per heavy atom. The predicted molar refractivity (Wildman–Crippen MR) is 117 cm³/mol. The molecule has 0 bridgehead atoms. The summed E-state index contributed by atoms with van der Waals surface area (Å²) in [5.41, 5.74) is 3.17. The van der Waals surface area contributed by atoms with Gasteiger partial charge in [-0.05, 0) is 30.5 Å². The van der Waals surface area contributed by atoms with Crippen LogP contribution in [0.1, 0.15) is 54.3 Å². The molecule has 6 nitrogen and oxygen atoms in total. The number of hydrogen-bond acceptors (Lipinski definition) is 5. The van der Waals surface area contributed by atoms with Crippen LogP contribution < -0.4 is 0 Å². The monoisotopic (exact) mass is 420 g/mol. The van der Waals surface area contributed by atoms with E-state index in [1.54, 1.807) is 12.1 Å². The van der Waals surface area contributed by atoms with Crippen LogP contribution in [-0.4, -0.2) is 41.3 Å². The largest absolute Gasteiger partial charge is 0.478 e. The van der Waals surface area contributed by atoms with Gasteiger partial charge < -0.3 is 9.67 Å². The third-order valence-corrected chi connectivity index (χ3v) is 7.45. The van der Waals surface area contributed by atoms with Gasteiger partial charge in [0.1, 0.15) is 11.6 Å². The number of carbonyl (C=O) groups is 1. The maximum absolute atomic E-state index is 11.0. The molecule has 2 aliphatic rings. The lowest BCUT2D eigenvalue weighted by Crippen LogP contribution is -2.19. The minimum atomic E-state index is -0.964. The number of fused-ring (bicyclic) bond motifs is 1. The van der Waals surface area contributed by atoms with Gasteiger partial charge in [-0.3, -0.25) is 4.98 Å². The maximum atomic E-state index is 11.0. The summed E-state index contributed by atoms with van der Waals surface area (Å²) in [6, 6.07) is 11.8. The van der Waals surface area contributed by atoms with Gasteiger partial charge in [0, 0.05) is 35.2 Å². The van der Waals surface area contributed by atoms with Crippen LogP contribution in [0.15, 0.2) is 42.6 Å². The van der Waals surface area contributed by atoms with E-state index in [2.05, 4.69) is 57.9 Å². The summed E-state index contributed by atoms with van der Waals surface area (Å²) in [6.45, 7) is 5.53. The van der Waals surface area contributed by atoms with Crippen LogP contribution >= 0.6 is 11.8 Å². The Labute approximate surface area is 179 Å². The van der Waals surface area contributed by atoms with Gasteiger partial charge in [0.15, 0.2) is 0 Å². The minimum absolute atomic E-state index is 0.0382. The predicted octanol–water partition coefficient (Wildman–Crippen LogP) is 4.19. The highest BCUT2D eigenvalue weighted by molar-refractivity contribution is 8.00. The van der Waals surface area contributed by atoms with Crippen LogP contribution in [0.5, 0.6) is 0 Å². The average molecular weight is 421 g/mol. The zero-order valence-electron chi connectivity index (χ0n) is 17.1. The van der Waals surface area contributed by atoms with Crippen LogP contribution in [0.2, 0.25) is 0 Å². The second-order valence-corrected chi connectivity index (χ2v) is 10.6. The average Bonchev–Trinajstić information content (AvgIpc) is 3.47. The van der Waals surface area contributed by atoms with Crippen molar-refractivity contribution in [2.45, 2.75) is 49.8 Å². The van der Waals surface area contributed by atoms with E-state index in [1.165, 1.54) is 11.8 Å². The number of aromatic nitrogens is 4. The van der Waals surface area contributed by atoms with Crippen molar-refractivity contribution in [2.24, 2.45) is 0 Å². The molecular weight excluding hydrogens is 396 g/mol. The molecule has 0 spiro atoms. The summed E-state index contributed by atoms with van der Waals surface area (Å²) in [7, 11) is 0. The first-order valence-electron chi connectivity index (χ1n) is 10.2. The van der Waals surface area contributed by atoms with E-state index < -0.39 is 5.97 Å². The molecule has 7 heteroatoms. The Bertz CT molecular complexity index is 1100. The molecule has 2 aromatic heterocycles. The van der Waals surface area contributed by atoms with Crippen molar-refractivity contribution >= 4 is 17.7 Å². The van der Waals surface area contributed by atoms with Crippen molar-refractivity contribution in [2.75, 3.05) is 5.75 Å². The molecule has 30 heavy (non-hydrogen) atoms. The Hall–Kier alpha value is -2.67. The summed E-state index contributed by atoms with van der Waals surface area (Å²) in [6.07, 6.45) is 4.52. The Kier molecular flexibility index (Phi) is 4.47. The number of nitrogens with zero attached hydrogens (tertiary/aromatic N) is 4. The molecule has 1 N–H and O–H groups in total. The van der Waals surface area contributed by atoms with Crippen LogP contribution in [-0.2, 0) is 18.4 Å². The topological polar surface area (TPSA) is 80.9 Å². The van der Waals surface area contributed by atoms with E-state index in [9.17, 15) is 4.79 Å². The third-order valence-electron chi connectivity index (χ3n) is 6.14. The van der Waals surface area contributed by atoms with Crippen molar-refractivity contribution in [3.05, 3.63) is 65.4 Å². The van der Waals surface area contributed by atoms with Crippen molar-refractivity contribution in [3.8, 4) is 11.3 Å². The molecule has 3 aromatic rings. The van der Waals surface area contributed by atoms with Gasteiger partial charge in [0.2, 0.25) is 0 Å².